The Hall–Kier alpha value is -2.94. The van der Waals surface area contributed by atoms with Crippen LogP contribution in [0, 0.1) is 0 Å². The Morgan fingerprint density at radius 3 is 2.57 bits per heavy atom. The van der Waals surface area contributed by atoms with Crippen LogP contribution in [0.1, 0.15) is 76.4 Å². The average molecular weight is 479 g/mol. The van der Waals surface area contributed by atoms with E-state index in [1.165, 1.54) is 0 Å². The molecule has 2 amide bonds. The Bertz CT molecular complexity index is 1110. The van der Waals surface area contributed by atoms with E-state index in [0.717, 1.165) is 43.5 Å². The number of nitrogens with one attached hydrogen (secondary N) is 3. The summed E-state index contributed by atoms with van der Waals surface area (Å²) in [5.41, 5.74) is 9.13. The second-order valence-electron chi connectivity index (χ2n) is 10.3. The van der Waals surface area contributed by atoms with Gasteiger partial charge in [0.1, 0.15) is 5.75 Å². The van der Waals surface area contributed by atoms with Crippen LogP contribution in [-0.4, -0.2) is 60.2 Å². The predicted octanol–water partition coefficient (Wildman–Crippen LogP) is 2.51. The Balaban J connectivity index is 1.37. The molecule has 35 heavy (non-hydrogen) atoms. The molecule has 4 N–H and O–H groups in total. The molecule has 2 aromatic rings. The number of likely N-dealkylation sites (tertiary alicyclic amines) is 1. The number of hydrogen-bond donors (Lipinski definition) is 4. The molecule has 0 aromatic heterocycles. The van der Waals surface area contributed by atoms with Crippen molar-refractivity contribution >= 4 is 11.8 Å². The molecule has 2 aromatic carbocycles. The standard InChI is InChI=1S/C27H34N4O4/c1-27(9-4-10-27)30-25(33)18-6-3-5-17(11-18)23-13-21(32)16-31(23)26(34)19-7-8-22(24(12-19)35-2)20-14-28-29-15-20/h3,5-8,11-12,20-21,23,28-29,32H,4,9-10,13-16H2,1-2H3,(H,30,33)/t21?,23-/m1/s1. The molecule has 2 aliphatic heterocycles. The number of hydrogen-bond acceptors (Lipinski definition) is 6. The third kappa shape index (κ3) is 4.78. The monoisotopic (exact) mass is 478 g/mol. The topological polar surface area (TPSA) is 103 Å². The molecule has 0 spiro atoms. The van der Waals surface area contributed by atoms with E-state index >= 15 is 0 Å². The number of nitrogens with zero attached hydrogens (tertiary/aromatic N) is 1. The molecular formula is C27H34N4O4. The first-order valence-corrected chi connectivity index (χ1v) is 12.4. The number of amides is 2. The summed E-state index contributed by atoms with van der Waals surface area (Å²) in [6.45, 7) is 3.92. The summed E-state index contributed by atoms with van der Waals surface area (Å²) in [6.07, 6.45) is 2.93. The van der Waals surface area contributed by atoms with Crippen molar-refractivity contribution in [2.45, 2.75) is 56.2 Å². The van der Waals surface area contributed by atoms with E-state index in [2.05, 4.69) is 23.1 Å². The number of benzene rings is 2. The predicted molar refractivity (Wildman–Crippen MR) is 132 cm³/mol. The first-order chi connectivity index (χ1) is 16.9. The number of methoxy groups -OCH3 is 1. The van der Waals surface area contributed by atoms with Crippen LogP contribution in [-0.2, 0) is 0 Å². The largest absolute Gasteiger partial charge is 0.496 e. The van der Waals surface area contributed by atoms with Crippen molar-refractivity contribution in [3.8, 4) is 5.75 Å². The molecule has 5 rings (SSSR count). The van der Waals surface area contributed by atoms with Gasteiger partial charge in [0, 0.05) is 42.2 Å². The lowest BCUT2D eigenvalue weighted by atomic mass is 9.78. The van der Waals surface area contributed by atoms with Crippen LogP contribution in [0.2, 0.25) is 0 Å². The van der Waals surface area contributed by atoms with Gasteiger partial charge < -0.3 is 20.1 Å². The van der Waals surface area contributed by atoms with Crippen molar-refractivity contribution in [3.63, 3.8) is 0 Å². The minimum Gasteiger partial charge on any atom is -0.496 e. The third-order valence-corrected chi connectivity index (χ3v) is 7.69. The van der Waals surface area contributed by atoms with Gasteiger partial charge in [0.15, 0.2) is 0 Å². The Kier molecular flexibility index (Phi) is 6.53. The number of hydrazine groups is 1. The number of ether oxygens (including phenoxy) is 1. The van der Waals surface area contributed by atoms with Gasteiger partial charge in [-0.1, -0.05) is 18.2 Å². The van der Waals surface area contributed by atoms with Gasteiger partial charge in [0.2, 0.25) is 0 Å². The zero-order valence-electron chi connectivity index (χ0n) is 20.3. The molecule has 3 fully saturated rings. The van der Waals surface area contributed by atoms with Gasteiger partial charge in [-0.05, 0) is 68.0 Å². The number of carbonyl (C=O) groups excluding carboxylic acids is 2. The normalized spacial score (nSPS) is 23.7. The van der Waals surface area contributed by atoms with Crippen molar-refractivity contribution in [1.82, 2.24) is 21.1 Å². The number of aliphatic hydroxyl groups excluding tert-OH is 1. The second-order valence-corrected chi connectivity index (χ2v) is 10.3. The quantitative estimate of drug-likeness (QED) is 0.509. The molecule has 2 heterocycles. The fourth-order valence-electron chi connectivity index (χ4n) is 5.45. The zero-order chi connectivity index (χ0) is 24.6. The lowest BCUT2D eigenvalue weighted by Crippen LogP contribution is -2.50. The highest BCUT2D eigenvalue weighted by atomic mass is 16.5. The van der Waals surface area contributed by atoms with Crippen molar-refractivity contribution in [2.24, 2.45) is 0 Å². The molecule has 2 atom stereocenters. The summed E-state index contributed by atoms with van der Waals surface area (Å²) in [5, 5.41) is 13.6. The van der Waals surface area contributed by atoms with Gasteiger partial charge in [0.25, 0.3) is 11.8 Å². The van der Waals surface area contributed by atoms with Crippen LogP contribution in [0.15, 0.2) is 42.5 Å². The van der Waals surface area contributed by atoms with Crippen molar-refractivity contribution in [2.75, 3.05) is 26.7 Å². The molecule has 0 bridgehead atoms. The maximum Gasteiger partial charge on any atom is 0.254 e. The highest BCUT2D eigenvalue weighted by molar-refractivity contribution is 5.96. The minimum atomic E-state index is -0.618. The van der Waals surface area contributed by atoms with E-state index in [-0.39, 0.29) is 35.9 Å². The molecular weight excluding hydrogens is 444 g/mol. The maximum atomic E-state index is 13.6. The average Bonchev–Trinajstić information content (AvgIpc) is 3.52. The smallest absolute Gasteiger partial charge is 0.254 e. The zero-order valence-corrected chi connectivity index (χ0v) is 20.3. The molecule has 1 aliphatic carbocycles. The molecule has 3 aliphatic rings. The van der Waals surface area contributed by atoms with E-state index in [1.807, 2.05) is 30.3 Å². The summed E-state index contributed by atoms with van der Waals surface area (Å²) in [4.78, 5) is 28.2. The van der Waals surface area contributed by atoms with E-state index in [9.17, 15) is 14.7 Å². The molecule has 8 nitrogen and oxygen atoms in total. The molecule has 186 valence electrons. The molecule has 8 heteroatoms. The summed E-state index contributed by atoms with van der Waals surface area (Å²) < 4.78 is 5.62. The Morgan fingerprint density at radius 2 is 1.89 bits per heavy atom. The van der Waals surface area contributed by atoms with E-state index < -0.39 is 6.10 Å². The fraction of sp³-hybridized carbons (Fsp3) is 0.481. The number of carbonyl (C=O) groups is 2. The number of rotatable bonds is 6. The van der Waals surface area contributed by atoms with Crippen LogP contribution in [0.5, 0.6) is 5.75 Å². The van der Waals surface area contributed by atoms with Crippen LogP contribution in [0.25, 0.3) is 0 Å². The van der Waals surface area contributed by atoms with Crippen LogP contribution < -0.4 is 20.9 Å². The van der Waals surface area contributed by atoms with E-state index in [0.29, 0.717) is 23.3 Å². The number of aliphatic hydroxyl groups is 1. The summed E-state index contributed by atoms with van der Waals surface area (Å²) >= 11 is 0. The lowest BCUT2D eigenvalue weighted by Gasteiger charge is -2.39. The van der Waals surface area contributed by atoms with Gasteiger partial charge >= 0.3 is 0 Å². The summed E-state index contributed by atoms with van der Waals surface area (Å²) in [5.74, 6) is 0.704. The van der Waals surface area contributed by atoms with E-state index in [1.54, 1.807) is 24.1 Å². The minimum absolute atomic E-state index is 0.0957. The van der Waals surface area contributed by atoms with Crippen molar-refractivity contribution in [3.05, 3.63) is 64.7 Å². The lowest BCUT2D eigenvalue weighted by molar-refractivity contribution is 0.0715. The first kappa shape index (κ1) is 23.8. The van der Waals surface area contributed by atoms with Gasteiger partial charge in [-0.2, -0.15) is 0 Å². The van der Waals surface area contributed by atoms with Gasteiger partial charge in [0.05, 0.1) is 19.3 Å². The SMILES string of the molecule is COc1cc(C(=O)N2CC(O)C[C@@H]2c2cccc(C(=O)NC3(C)CCC3)c2)ccc1C1CNNC1. The Morgan fingerprint density at radius 1 is 1.11 bits per heavy atom. The first-order valence-electron chi connectivity index (χ1n) is 12.4. The van der Waals surface area contributed by atoms with E-state index in [4.69, 9.17) is 4.74 Å². The molecule has 1 unspecified atom stereocenters. The van der Waals surface area contributed by atoms with Crippen molar-refractivity contribution in [1.29, 1.82) is 0 Å². The highest BCUT2D eigenvalue weighted by Gasteiger charge is 2.37. The Labute approximate surface area is 206 Å². The van der Waals surface area contributed by atoms with Gasteiger partial charge in [-0.15, -0.1) is 0 Å². The second kappa shape index (κ2) is 9.60. The van der Waals surface area contributed by atoms with Gasteiger partial charge in [-0.25, -0.2) is 0 Å². The summed E-state index contributed by atoms with van der Waals surface area (Å²) in [7, 11) is 1.62. The van der Waals surface area contributed by atoms with Crippen LogP contribution in [0.3, 0.4) is 0 Å². The van der Waals surface area contributed by atoms with Crippen LogP contribution in [0.4, 0.5) is 0 Å². The molecule has 1 saturated carbocycles. The maximum absolute atomic E-state index is 13.6. The van der Waals surface area contributed by atoms with Crippen LogP contribution >= 0.6 is 0 Å². The van der Waals surface area contributed by atoms with Crippen molar-refractivity contribution < 1.29 is 19.4 Å². The fourth-order valence-corrected chi connectivity index (χ4v) is 5.45. The third-order valence-electron chi connectivity index (χ3n) is 7.69. The molecule has 0 radical (unpaired) electrons. The summed E-state index contributed by atoms with van der Waals surface area (Å²) in [6, 6.07) is 12.7. The highest BCUT2D eigenvalue weighted by Crippen LogP contribution is 2.36. The molecule has 2 saturated heterocycles. The number of β-amino-alcohol motifs (C(OH)–C–C–N with tert-alkyl or cyclic N) is 1. The van der Waals surface area contributed by atoms with Gasteiger partial charge in [-0.3, -0.25) is 20.4 Å².